The topological polar surface area (TPSA) is 76.0 Å². The van der Waals surface area contributed by atoms with Crippen LogP contribution in [0, 0.1) is 0 Å². The number of amides is 2. The van der Waals surface area contributed by atoms with Gasteiger partial charge in [-0.15, -0.1) is 11.3 Å². The van der Waals surface area contributed by atoms with Gasteiger partial charge >= 0.3 is 0 Å². The summed E-state index contributed by atoms with van der Waals surface area (Å²) in [7, 11) is 1.88. The van der Waals surface area contributed by atoms with E-state index in [1.54, 1.807) is 0 Å². The van der Waals surface area contributed by atoms with Crippen LogP contribution < -0.4 is 10.6 Å². The highest BCUT2D eigenvalue weighted by molar-refractivity contribution is 7.14. The third kappa shape index (κ3) is 3.52. The van der Waals surface area contributed by atoms with E-state index in [4.69, 9.17) is 0 Å². The summed E-state index contributed by atoms with van der Waals surface area (Å²) in [6.45, 7) is 1.47. The van der Waals surface area contributed by atoms with Crippen LogP contribution in [0.1, 0.15) is 17.4 Å². The third-order valence-electron chi connectivity index (χ3n) is 4.41. The Hall–Kier alpha value is -3.45. The summed E-state index contributed by atoms with van der Waals surface area (Å²) in [4.78, 5) is 28.3. The van der Waals surface area contributed by atoms with Gasteiger partial charge in [-0.1, -0.05) is 30.3 Å². The Morgan fingerprint density at radius 3 is 2.50 bits per heavy atom. The number of benzene rings is 2. The molecule has 0 unspecified atom stereocenters. The molecule has 4 aromatic rings. The van der Waals surface area contributed by atoms with Gasteiger partial charge in [0, 0.05) is 41.5 Å². The molecule has 0 radical (unpaired) electrons. The zero-order valence-electron chi connectivity index (χ0n) is 15.4. The van der Waals surface area contributed by atoms with Crippen LogP contribution in [0.15, 0.2) is 60.0 Å². The average Bonchev–Trinajstić information content (AvgIpc) is 3.27. The van der Waals surface area contributed by atoms with Crippen molar-refractivity contribution in [1.82, 2.24) is 9.55 Å². The van der Waals surface area contributed by atoms with Gasteiger partial charge in [0.25, 0.3) is 5.91 Å². The van der Waals surface area contributed by atoms with Crippen molar-refractivity contribution >= 4 is 44.9 Å². The lowest BCUT2D eigenvalue weighted by Gasteiger charge is -2.04. The molecule has 140 valence electrons. The summed E-state index contributed by atoms with van der Waals surface area (Å²) in [6, 6.07) is 17.2. The lowest BCUT2D eigenvalue weighted by atomic mass is 10.1. The minimum atomic E-state index is -0.194. The third-order valence-corrected chi connectivity index (χ3v) is 5.17. The molecule has 2 aromatic heterocycles. The molecule has 6 nitrogen and oxygen atoms in total. The van der Waals surface area contributed by atoms with Crippen molar-refractivity contribution < 1.29 is 9.59 Å². The van der Waals surface area contributed by atoms with Gasteiger partial charge in [-0.3, -0.25) is 14.9 Å². The molecule has 2 N–H and O–H groups in total. The van der Waals surface area contributed by atoms with Crippen molar-refractivity contribution in [2.45, 2.75) is 6.92 Å². The van der Waals surface area contributed by atoms with Crippen LogP contribution >= 0.6 is 11.3 Å². The predicted molar refractivity (Wildman–Crippen MR) is 113 cm³/mol. The Morgan fingerprint density at radius 1 is 1.04 bits per heavy atom. The van der Waals surface area contributed by atoms with Crippen LogP contribution in [0.4, 0.5) is 10.8 Å². The second-order valence-electron chi connectivity index (χ2n) is 6.40. The number of rotatable bonds is 4. The fourth-order valence-electron chi connectivity index (χ4n) is 3.06. The second kappa shape index (κ2) is 7.28. The first kappa shape index (κ1) is 17.9. The van der Waals surface area contributed by atoms with Crippen molar-refractivity contribution in [3.63, 3.8) is 0 Å². The number of aryl methyl sites for hydroxylation is 1. The summed E-state index contributed by atoms with van der Waals surface area (Å²) in [5, 5.41) is 9.07. The number of hydrogen-bond acceptors (Lipinski definition) is 4. The molecule has 2 aromatic carbocycles. The maximum atomic E-state index is 12.7. The molecular formula is C21H18N4O2S. The van der Waals surface area contributed by atoms with Crippen LogP contribution in [0.2, 0.25) is 0 Å². The first-order valence-corrected chi connectivity index (χ1v) is 9.58. The van der Waals surface area contributed by atoms with Crippen molar-refractivity contribution in [1.29, 1.82) is 0 Å². The summed E-state index contributed by atoms with van der Waals surface area (Å²) >= 11 is 1.37. The molecule has 0 atom stereocenters. The molecule has 0 aliphatic heterocycles. The van der Waals surface area contributed by atoms with Gasteiger partial charge in [-0.2, -0.15) is 0 Å². The summed E-state index contributed by atoms with van der Waals surface area (Å²) < 4.78 is 1.87. The zero-order chi connectivity index (χ0) is 19.7. The van der Waals surface area contributed by atoms with Crippen molar-refractivity contribution in [3.05, 3.63) is 65.7 Å². The van der Waals surface area contributed by atoms with Gasteiger partial charge < -0.3 is 9.88 Å². The van der Waals surface area contributed by atoms with Crippen LogP contribution in [0.25, 0.3) is 22.2 Å². The summed E-state index contributed by atoms with van der Waals surface area (Å²) in [5.41, 5.74) is 4.00. The molecule has 0 aliphatic rings. The molecule has 0 saturated carbocycles. The number of carbonyl (C=O) groups is 2. The minimum absolute atomic E-state index is 0.111. The van der Waals surface area contributed by atoms with Gasteiger partial charge in [-0.25, -0.2) is 4.98 Å². The number of nitrogens with zero attached hydrogens (tertiary/aromatic N) is 2. The number of anilines is 2. The molecule has 4 rings (SSSR count). The molecule has 2 amide bonds. The highest BCUT2D eigenvalue weighted by Crippen LogP contribution is 2.27. The van der Waals surface area contributed by atoms with E-state index in [-0.39, 0.29) is 11.8 Å². The summed E-state index contributed by atoms with van der Waals surface area (Å²) in [6.07, 6.45) is 0. The number of para-hydroxylation sites is 1. The maximum Gasteiger partial charge on any atom is 0.274 e. The predicted octanol–water partition coefficient (Wildman–Crippen LogP) is 4.51. The molecule has 0 bridgehead atoms. The molecule has 0 fully saturated rings. The molecule has 28 heavy (non-hydrogen) atoms. The Balaban J connectivity index is 1.52. The van der Waals surface area contributed by atoms with Crippen molar-refractivity contribution in [3.8, 4) is 11.3 Å². The van der Waals surface area contributed by atoms with E-state index < -0.39 is 0 Å². The number of carbonyl (C=O) groups excluding carboxylic acids is 2. The smallest absolute Gasteiger partial charge is 0.274 e. The van der Waals surface area contributed by atoms with Crippen LogP contribution in [-0.4, -0.2) is 21.4 Å². The monoisotopic (exact) mass is 390 g/mol. The fourth-order valence-corrected chi connectivity index (χ4v) is 3.77. The molecule has 0 saturated heterocycles. The van der Waals surface area contributed by atoms with Crippen molar-refractivity contribution in [2.24, 2.45) is 7.05 Å². The van der Waals surface area contributed by atoms with Crippen LogP contribution in [0.5, 0.6) is 0 Å². The Bertz CT molecular complexity index is 1170. The standard InChI is InChI=1S/C21H18N4O2S/c1-13(26)22-16-9-7-14(8-10-16)17-12-28-21(23-17)24-20(27)19-11-15-5-3-4-6-18(15)25(19)2/h3-12H,1-2H3,(H,22,26)(H,23,24,27). The van der Waals surface area contributed by atoms with Crippen LogP contribution in [0.3, 0.4) is 0 Å². The Kier molecular flexibility index (Phi) is 4.67. The lowest BCUT2D eigenvalue weighted by Crippen LogP contribution is -2.15. The van der Waals surface area contributed by atoms with E-state index in [2.05, 4.69) is 15.6 Å². The lowest BCUT2D eigenvalue weighted by molar-refractivity contribution is -0.114. The molecular weight excluding hydrogens is 372 g/mol. The SMILES string of the molecule is CC(=O)Nc1ccc(-c2csc(NC(=O)c3cc4ccccc4n3C)n2)cc1. The van der Waals surface area contributed by atoms with E-state index in [1.807, 2.05) is 71.6 Å². The van der Waals surface area contributed by atoms with Gasteiger partial charge in [-0.05, 0) is 24.3 Å². The molecule has 0 aliphatic carbocycles. The first-order chi connectivity index (χ1) is 13.5. The first-order valence-electron chi connectivity index (χ1n) is 8.70. The molecule has 0 spiro atoms. The molecule has 2 heterocycles. The van der Waals surface area contributed by atoms with Gasteiger partial charge in [0.1, 0.15) is 5.69 Å². The largest absolute Gasteiger partial charge is 0.340 e. The maximum absolute atomic E-state index is 12.7. The minimum Gasteiger partial charge on any atom is -0.340 e. The van der Waals surface area contributed by atoms with Gasteiger partial charge in [0.15, 0.2) is 5.13 Å². The van der Waals surface area contributed by atoms with E-state index in [0.29, 0.717) is 10.8 Å². The van der Waals surface area contributed by atoms with E-state index in [9.17, 15) is 9.59 Å². The Morgan fingerprint density at radius 2 is 1.79 bits per heavy atom. The number of fused-ring (bicyclic) bond motifs is 1. The number of nitrogens with one attached hydrogen (secondary N) is 2. The quantitative estimate of drug-likeness (QED) is 0.538. The van der Waals surface area contributed by atoms with E-state index >= 15 is 0 Å². The number of hydrogen-bond donors (Lipinski definition) is 2. The highest BCUT2D eigenvalue weighted by atomic mass is 32.1. The fraction of sp³-hybridized carbons (Fsp3) is 0.0952. The average molecular weight is 390 g/mol. The van der Waals surface area contributed by atoms with Gasteiger partial charge in [0.05, 0.1) is 5.69 Å². The number of aromatic nitrogens is 2. The number of thiazole rings is 1. The zero-order valence-corrected chi connectivity index (χ0v) is 16.2. The van der Waals surface area contributed by atoms with E-state index in [1.165, 1.54) is 18.3 Å². The van der Waals surface area contributed by atoms with Crippen LogP contribution in [-0.2, 0) is 11.8 Å². The molecule has 7 heteroatoms. The highest BCUT2D eigenvalue weighted by Gasteiger charge is 2.15. The Labute approximate surface area is 165 Å². The second-order valence-corrected chi connectivity index (χ2v) is 7.26. The van der Waals surface area contributed by atoms with Crippen molar-refractivity contribution in [2.75, 3.05) is 10.6 Å². The normalized spacial score (nSPS) is 10.8. The summed E-state index contributed by atoms with van der Waals surface area (Å²) in [5.74, 6) is -0.305. The van der Waals surface area contributed by atoms with E-state index in [0.717, 1.165) is 27.8 Å². The van der Waals surface area contributed by atoms with Gasteiger partial charge in [0.2, 0.25) is 5.91 Å².